The molecule has 0 spiro atoms. The molecule has 32 heavy (non-hydrogen) atoms. The van der Waals surface area contributed by atoms with Crippen LogP contribution in [0, 0.1) is 5.82 Å². The summed E-state index contributed by atoms with van der Waals surface area (Å²) in [5.41, 5.74) is 1.62. The van der Waals surface area contributed by atoms with Crippen LogP contribution in [0.25, 0.3) is 6.08 Å². The van der Waals surface area contributed by atoms with Crippen molar-refractivity contribution in [3.8, 4) is 5.75 Å². The fraction of sp³-hybridized carbons (Fsp3) is 0.120. The summed E-state index contributed by atoms with van der Waals surface area (Å²) in [5, 5.41) is 2.99. The minimum atomic E-state index is -0.578. The van der Waals surface area contributed by atoms with Crippen LogP contribution >= 0.6 is 11.6 Å². The van der Waals surface area contributed by atoms with Crippen molar-refractivity contribution < 1.29 is 18.7 Å². The maximum absolute atomic E-state index is 14.2. The molecule has 2 amide bonds. The third-order valence-corrected chi connectivity index (χ3v) is 5.32. The molecule has 4 rings (SSSR count). The zero-order valence-corrected chi connectivity index (χ0v) is 17.8. The molecule has 1 aliphatic heterocycles. The number of carbonyl (C=O) groups is 2. The number of nitrogens with one attached hydrogen (secondary N) is 1. The first-order chi connectivity index (χ1) is 15.5. The Morgan fingerprint density at radius 1 is 1.03 bits per heavy atom. The van der Waals surface area contributed by atoms with E-state index < -0.39 is 11.7 Å². The minimum absolute atomic E-state index is 0.0455. The van der Waals surface area contributed by atoms with Crippen LogP contribution in [0.1, 0.15) is 11.1 Å². The molecule has 0 saturated heterocycles. The monoisotopic (exact) mass is 450 g/mol. The third-order valence-electron chi connectivity index (χ3n) is 4.99. The van der Waals surface area contributed by atoms with E-state index in [2.05, 4.69) is 5.32 Å². The predicted octanol–water partition coefficient (Wildman–Crippen LogP) is 4.60. The quantitative estimate of drug-likeness (QED) is 0.558. The average Bonchev–Trinajstić information content (AvgIpc) is 2.79. The second-order valence-corrected chi connectivity index (χ2v) is 7.60. The van der Waals surface area contributed by atoms with Crippen molar-refractivity contribution in [2.45, 2.75) is 6.42 Å². The summed E-state index contributed by atoms with van der Waals surface area (Å²) in [6.45, 7) is 0.243. The largest absolute Gasteiger partial charge is 0.449 e. The molecule has 0 radical (unpaired) electrons. The Kier molecular flexibility index (Phi) is 6.52. The molecule has 3 aromatic carbocycles. The second-order valence-electron chi connectivity index (χ2n) is 7.19. The van der Waals surface area contributed by atoms with E-state index in [0.717, 1.165) is 5.56 Å². The van der Waals surface area contributed by atoms with Crippen LogP contribution in [0.15, 0.2) is 78.6 Å². The molecule has 5 nitrogen and oxygen atoms in total. The lowest BCUT2D eigenvalue weighted by atomic mass is 10.1. The number of nitrogens with zero attached hydrogens (tertiary/aromatic N) is 1. The molecular formula is C25H20ClFN2O3. The first-order valence-corrected chi connectivity index (χ1v) is 10.5. The number of carbonyl (C=O) groups excluding carboxylic acids is 2. The SMILES string of the molecule is O=C(CN1C(=O)C(=Cc2c(F)cccc2Cl)Oc2ccccc21)NCCc1ccccc1. The Hall–Kier alpha value is -3.64. The summed E-state index contributed by atoms with van der Waals surface area (Å²) >= 11 is 6.10. The van der Waals surface area contributed by atoms with E-state index in [-0.39, 0.29) is 28.8 Å². The molecule has 0 aliphatic carbocycles. The van der Waals surface area contributed by atoms with E-state index in [1.165, 1.54) is 29.2 Å². The molecule has 162 valence electrons. The van der Waals surface area contributed by atoms with E-state index in [1.807, 2.05) is 30.3 Å². The Labute approximate surface area is 190 Å². The maximum atomic E-state index is 14.2. The number of hydrogen-bond acceptors (Lipinski definition) is 3. The molecule has 1 heterocycles. The van der Waals surface area contributed by atoms with Crippen molar-refractivity contribution in [2.24, 2.45) is 0 Å². The molecule has 0 fully saturated rings. The van der Waals surface area contributed by atoms with Gasteiger partial charge in [0.25, 0.3) is 5.91 Å². The van der Waals surface area contributed by atoms with Crippen LogP contribution in [0.5, 0.6) is 5.75 Å². The van der Waals surface area contributed by atoms with Gasteiger partial charge in [-0.1, -0.05) is 60.1 Å². The fourth-order valence-electron chi connectivity index (χ4n) is 3.39. The number of ether oxygens (including phenoxy) is 1. The summed E-state index contributed by atoms with van der Waals surface area (Å²) in [6, 6.07) is 20.9. The van der Waals surface area contributed by atoms with Gasteiger partial charge in [-0.05, 0) is 42.3 Å². The first-order valence-electron chi connectivity index (χ1n) is 10.1. The summed E-state index contributed by atoms with van der Waals surface area (Å²) in [4.78, 5) is 27.0. The molecule has 0 saturated carbocycles. The highest BCUT2D eigenvalue weighted by molar-refractivity contribution is 6.32. The number of benzene rings is 3. The van der Waals surface area contributed by atoms with Gasteiger partial charge < -0.3 is 10.1 Å². The van der Waals surface area contributed by atoms with E-state index in [0.29, 0.717) is 24.4 Å². The lowest BCUT2D eigenvalue weighted by Crippen LogP contribution is -2.44. The van der Waals surface area contributed by atoms with Gasteiger partial charge in [-0.25, -0.2) is 4.39 Å². The lowest BCUT2D eigenvalue weighted by molar-refractivity contribution is -0.123. The van der Waals surface area contributed by atoms with Crippen LogP contribution in [0.3, 0.4) is 0 Å². The van der Waals surface area contributed by atoms with Crippen LogP contribution in [-0.2, 0) is 16.0 Å². The normalized spacial score (nSPS) is 14.1. The molecular weight excluding hydrogens is 431 g/mol. The van der Waals surface area contributed by atoms with Gasteiger partial charge in [-0.3, -0.25) is 14.5 Å². The Bertz CT molecular complexity index is 1160. The van der Waals surface area contributed by atoms with Crippen molar-refractivity contribution in [3.05, 3.63) is 101 Å². The Balaban J connectivity index is 1.53. The van der Waals surface area contributed by atoms with Crippen LogP contribution in [0.2, 0.25) is 5.02 Å². The summed E-state index contributed by atoms with van der Waals surface area (Å²) < 4.78 is 20.0. The standard InChI is InChI=1S/C25H20ClFN2O3/c26-19-9-6-10-20(27)18(19)15-23-25(31)29(21-11-4-5-12-22(21)32-23)16-24(30)28-14-13-17-7-2-1-3-8-17/h1-12,15H,13-14,16H2,(H,28,30). The fourth-order valence-corrected chi connectivity index (χ4v) is 3.61. The molecule has 0 bridgehead atoms. The van der Waals surface area contributed by atoms with Crippen molar-refractivity contribution in [1.82, 2.24) is 5.32 Å². The van der Waals surface area contributed by atoms with E-state index >= 15 is 0 Å². The van der Waals surface area contributed by atoms with Crippen LogP contribution in [0.4, 0.5) is 10.1 Å². The van der Waals surface area contributed by atoms with Crippen molar-refractivity contribution in [3.63, 3.8) is 0 Å². The van der Waals surface area contributed by atoms with Gasteiger partial charge in [0, 0.05) is 12.1 Å². The number of amides is 2. The van der Waals surface area contributed by atoms with Crippen molar-refractivity contribution >= 4 is 35.2 Å². The van der Waals surface area contributed by atoms with Gasteiger partial charge >= 0.3 is 0 Å². The zero-order chi connectivity index (χ0) is 22.5. The predicted molar refractivity (Wildman–Crippen MR) is 122 cm³/mol. The Morgan fingerprint density at radius 3 is 2.56 bits per heavy atom. The first kappa shape index (κ1) is 21.6. The van der Waals surface area contributed by atoms with Crippen LogP contribution in [-0.4, -0.2) is 24.9 Å². The van der Waals surface area contributed by atoms with E-state index in [9.17, 15) is 14.0 Å². The van der Waals surface area contributed by atoms with E-state index in [4.69, 9.17) is 16.3 Å². The van der Waals surface area contributed by atoms with Gasteiger partial charge in [0.15, 0.2) is 11.5 Å². The molecule has 0 aromatic heterocycles. The summed E-state index contributed by atoms with van der Waals surface area (Å²) in [6.07, 6.45) is 1.94. The summed E-state index contributed by atoms with van der Waals surface area (Å²) in [5.74, 6) is -1.17. The highest BCUT2D eigenvalue weighted by atomic mass is 35.5. The smallest absolute Gasteiger partial charge is 0.294 e. The average molecular weight is 451 g/mol. The Morgan fingerprint density at radius 2 is 1.78 bits per heavy atom. The number of anilines is 1. The van der Waals surface area contributed by atoms with Crippen LogP contribution < -0.4 is 15.0 Å². The van der Waals surface area contributed by atoms with E-state index in [1.54, 1.807) is 24.3 Å². The highest BCUT2D eigenvalue weighted by Gasteiger charge is 2.32. The number of para-hydroxylation sites is 2. The lowest BCUT2D eigenvalue weighted by Gasteiger charge is -2.30. The zero-order valence-electron chi connectivity index (χ0n) is 17.1. The van der Waals surface area contributed by atoms with Crippen molar-refractivity contribution in [1.29, 1.82) is 0 Å². The van der Waals surface area contributed by atoms with Gasteiger partial charge in [-0.2, -0.15) is 0 Å². The minimum Gasteiger partial charge on any atom is -0.449 e. The number of rotatable bonds is 6. The molecule has 1 N–H and O–H groups in total. The topological polar surface area (TPSA) is 58.6 Å². The molecule has 7 heteroatoms. The van der Waals surface area contributed by atoms with Gasteiger partial charge in [0.1, 0.15) is 12.4 Å². The molecule has 0 unspecified atom stereocenters. The second kappa shape index (κ2) is 9.66. The molecule has 0 atom stereocenters. The molecule has 1 aliphatic rings. The number of halogens is 2. The number of hydrogen-bond donors (Lipinski definition) is 1. The van der Waals surface area contributed by atoms with Gasteiger partial charge in [-0.15, -0.1) is 0 Å². The third kappa shape index (κ3) is 4.81. The summed E-state index contributed by atoms with van der Waals surface area (Å²) in [7, 11) is 0. The number of fused-ring (bicyclic) bond motifs is 1. The molecule has 3 aromatic rings. The van der Waals surface area contributed by atoms with Gasteiger partial charge in [0.2, 0.25) is 5.91 Å². The van der Waals surface area contributed by atoms with Gasteiger partial charge in [0.05, 0.1) is 10.7 Å². The highest BCUT2D eigenvalue weighted by Crippen LogP contribution is 2.36. The van der Waals surface area contributed by atoms with Crippen molar-refractivity contribution in [2.75, 3.05) is 18.0 Å². The maximum Gasteiger partial charge on any atom is 0.294 e.